The maximum atomic E-state index is 12.7. The van der Waals surface area contributed by atoms with E-state index in [0.29, 0.717) is 11.1 Å². The van der Waals surface area contributed by atoms with Gasteiger partial charge in [-0.3, -0.25) is 4.79 Å². The molecule has 0 radical (unpaired) electrons. The summed E-state index contributed by atoms with van der Waals surface area (Å²) in [6.07, 6.45) is 0. The van der Waals surface area contributed by atoms with Gasteiger partial charge in [0.15, 0.2) is 0 Å². The molecule has 1 aromatic heterocycles. The highest BCUT2D eigenvalue weighted by Gasteiger charge is 2.26. The average molecular weight is 411 g/mol. The van der Waals surface area contributed by atoms with E-state index in [4.69, 9.17) is 4.42 Å². The van der Waals surface area contributed by atoms with Gasteiger partial charge in [-0.25, -0.2) is 0 Å². The van der Waals surface area contributed by atoms with Gasteiger partial charge in [0.25, 0.3) is 5.22 Å². The molecule has 0 spiro atoms. The molecule has 152 valence electrons. The molecule has 0 aliphatic rings. The van der Waals surface area contributed by atoms with Crippen molar-refractivity contribution in [1.29, 1.82) is 0 Å². The summed E-state index contributed by atoms with van der Waals surface area (Å²) in [4.78, 5) is 16.5. The highest BCUT2D eigenvalue weighted by molar-refractivity contribution is 8.00. The molecule has 0 fully saturated rings. The Hall–Kier alpha value is -2.80. The molecule has 2 aromatic carbocycles. The van der Waals surface area contributed by atoms with Gasteiger partial charge in [0, 0.05) is 38.4 Å². The summed E-state index contributed by atoms with van der Waals surface area (Å²) in [6, 6.07) is 17.7. The first-order chi connectivity index (χ1) is 14.0. The van der Waals surface area contributed by atoms with Gasteiger partial charge < -0.3 is 14.2 Å². The lowest BCUT2D eigenvalue weighted by molar-refractivity contribution is -0.128. The van der Waals surface area contributed by atoms with Gasteiger partial charge in [-0.1, -0.05) is 30.3 Å². The van der Waals surface area contributed by atoms with E-state index in [-0.39, 0.29) is 5.91 Å². The third-order valence-electron chi connectivity index (χ3n) is 4.64. The zero-order chi connectivity index (χ0) is 20.8. The number of carbonyl (C=O) groups excluding carboxylic acids is 1. The van der Waals surface area contributed by atoms with Crippen molar-refractivity contribution in [3.63, 3.8) is 0 Å². The van der Waals surface area contributed by atoms with Gasteiger partial charge in [-0.2, -0.15) is 0 Å². The van der Waals surface area contributed by atoms with Crippen LogP contribution in [0.15, 0.2) is 64.2 Å². The predicted molar refractivity (Wildman–Crippen MR) is 117 cm³/mol. The van der Waals surface area contributed by atoms with E-state index >= 15 is 0 Å². The fourth-order valence-electron chi connectivity index (χ4n) is 3.00. The molecule has 29 heavy (non-hydrogen) atoms. The lowest BCUT2D eigenvalue weighted by Gasteiger charge is -2.20. The first kappa shape index (κ1) is 20.9. The van der Waals surface area contributed by atoms with Crippen LogP contribution in [0.4, 0.5) is 5.69 Å². The van der Waals surface area contributed by atoms with Crippen LogP contribution < -0.4 is 4.90 Å². The normalized spacial score (nSPS) is 11.9. The van der Waals surface area contributed by atoms with Crippen LogP contribution in [-0.4, -0.2) is 48.2 Å². The van der Waals surface area contributed by atoms with Crippen molar-refractivity contribution in [3.8, 4) is 11.5 Å². The SMILES string of the molecule is CCN(CC)c1ccc(-c2nnc(S[C@H](C(=O)N(C)C)c3ccccc3)o2)cc1. The molecule has 7 heteroatoms. The molecule has 1 heterocycles. The molecular formula is C22H26N4O2S. The Balaban J connectivity index is 1.80. The number of carbonyl (C=O) groups is 1. The number of rotatable bonds is 8. The third-order valence-corrected chi connectivity index (χ3v) is 5.71. The second kappa shape index (κ2) is 9.60. The van der Waals surface area contributed by atoms with Crippen LogP contribution in [0.1, 0.15) is 24.7 Å². The summed E-state index contributed by atoms with van der Waals surface area (Å²) in [5.41, 5.74) is 2.92. The van der Waals surface area contributed by atoms with Crippen LogP contribution in [-0.2, 0) is 4.79 Å². The van der Waals surface area contributed by atoms with Crippen LogP contribution in [0.25, 0.3) is 11.5 Å². The Morgan fingerprint density at radius 1 is 1.00 bits per heavy atom. The molecular weight excluding hydrogens is 384 g/mol. The minimum absolute atomic E-state index is 0.0236. The number of hydrogen-bond donors (Lipinski definition) is 0. The average Bonchev–Trinajstić information content (AvgIpc) is 3.22. The van der Waals surface area contributed by atoms with Crippen molar-refractivity contribution < 1.29 is 9.21 Å². The van der Waals surface area contributed by atoms with E-state index in [9.17, 15) is 4.79 Å². The second-order valence-electron chi connectivity index (χ2n) is 6.73. The van der Waals surface area contributed by atoms with Gasteiger partial charge in [0.2, 0.25) is 11.8 Å². The number of amides is 1. The van der Waals surface area contributed by atoms with Crippen LogP contribution in [0, 0.1) is 0 Å². The number of thioether (sulfide) groups is 1. The zero-order valence-electron chi connectivity index (χ0n) is 17.2. The Morgan fingerprint density at radius 3 is 2.24 bits per heavy atom. The number of benzene rings is 2. The molecule has 3 aromatic rings. The standard InChI is InChI=1S/C22H26N4O2S/c1-5-26(6-2)18-14-12-17(13-15-18)20-23-24-22(28-20)29-19(21(27)25(3)4)16-10-8-7-9-11-16/h7-15,19H,5-6H2,1-4H3/t19-/m0/s1. The predicted octanol–water partition coefficient (Wildman–Crippen LogP) is 4.50. The van der Waals surface area contributed by atoms with Crippen LogP contribution in [0.2, 0.25) is 0 Å². The van der Waals surface area contributed by atoms with Crippen LogP contribution in [0.3, 0.4) is 0 Å². The Labute approximate surface area is 175 Å². The monoisotopic (exact) mass is 410 g/mol. The quantitative estimate of drug-likeness (QED) is 0.510. The minimum atomic E-state index is -0.440. The van der Waals surface area contributed by atoms with Crippen molar-refractivity contribution in [2.75, 3.05) is 32.1 Å². The molecule has 0 saturated carbocycles. The number of anilines is 1. The fourth-order valence-corrected chi connectivity index (χ4v) is 4.02. The number of aromatic nitrogens is 2. The van der Waals surface area contributed by atoms with Gasteiger partial charge >= 0.3 is 0 Å². The second-order valence-corrected chi connectivity index (χ2v) is 7.79. The summed E-state index contributed by atoms with van der Waals surface area (Å²) in [5.74, 6) is 0.423. The smallest absolute Gasteiger partial charge is 0.277 e. The fraction of sp³-hybridized carbons (Fsp3) is 0.318. The first-order valence-corrected chi connectivity index (χ1v) is 10.5. The third kappa shape index (κ3) is 4.98. The van der Waals surface area contributed by atoms with Crippen LogP contribution in [0.5, 0.6) is 0 Å². The molecule has 1 amide bonds. The summed E-state index contributed by atoms with van der Waals surface area (Å²) < 4.78 is 5.86. The Bertz CT molecular complexity index is 922. The number of likely N-dealkylation sites (N-methyl/N-ethyl adjacent to an activating group) is 1. The van der Waals surface area contributed by atoms with E-state index in [1.807, 2.05) is 42.5 Å². The first-order valence-electron chi connectivity index (χ1n) is 9.65. The van der Waals surface area contributed by atoms with Gasteiger partial charge in [0.05, 0.1) is 0 Å². The molecule has 3 rings (SSSR count). The van der Waals surface area contributed by atoms with Crippen molar-refractivity contribution in [3.05, 3.63) is 60.2 Å². The topological polar surface area (TPSA) is 62.5 Å². The Kier molecular flexibility index (Phi) is 6.93. The summed E-state index contributed by atoms with van der Waals surface area (Å²) in [5, 5.41) is 8.26. The van der Waals surface area contributed by atoms with E-state index in [0.717, 1.165) is 29.9 Å². The van der Waals surface area contributed by atoms with E-state index in [1.54, 1.807) is 19.0 Å². The summed E-state index contributed by atoms with van der Waals surface area (Å²) in [6.45, 7) is 6.18. The minimum Gasteiger partial charge on any atom is -0.411 e. The van der Waals surface area contributed by atoms with Crippen molar-refractivity contribution in [2.45, 2.75) is 24.3 Å². The summed E-state index contributed by atoms with van der Waals surface area (Å²) in [7, 11) is 3.49. The lowest BCUT2D eigenvalue weighted by Crippen LogP contribution is -2.26. The van der Waals surface area contributed by atoms with Crippen molar-refractivity contribution in [2.24, 2.45) is 0 Å². The maximum Gasteiger partial charge on any atom is 0.277 e. The highest BCUT2D eigenvalue weighted by Crippen LogP contribution is 2.36. The zero-order valence-corrected chi connectivity index (χ0v) is 18.0. The maximum absolute atomic E-state index is 12.7. The Morgan fingerprint density at radius 2 is 1.66 bits per heavy atom. The van der Waals surface area contributed by atoms with Crippen LogP contribution >= 0.6 is 11.8 Å². The van der Waals surface area contributed by atoms with E-state index in [2.05, 4.69) is 41.1 Å². The molecule has 0 bridgehead atoms. The summed E-state index contributed by atoms with van der Waals surface area (Å²) >= 11 is 1.27. The molecule has 0 aliphatic carbocycles. The largest absolute Gasteiger partial charge is 0.411 e. The van der Waals surface area contributed by atoms with Crippen molar-refractivity contribution in [1.82, 2.24) is 15.1 Å². The molecule has 0 unspecified atom stereocenters. The van der Waals surface area contributed by atoms with Gasteiger partial charge in [-0.15, -0.1) is 10.2 Å². The molecule has 0 N–H and O–H groups in total. The molecule has 1 atom stereocenters. The van der Waals surface area contributed by atoms with Gasteiger partial charge in [0.1, 0.15) is 5.25 Å². The van der Waals surface area contributed by atoms with Gasteiger partial charge in [-0.05, 0) is 55.4 Å². The lowest BCUT2D eigenvalue weighted by atomic mass is 10.1. The molecule has 0 saturated heterocycles. The van der Waals surface area contributed by atoms with E-state index < -0.39 is 5.25 Å². The molecule has 0 aliphatic heterocycles. The number of nitrogens with zero attached hydrogens (tertiary/aromatic N) is 4. The van der Waals surface area contributed by atoms with Crippen molar-refractivity contribution >= 4 is 23.4 Å². The number of hydrogen-bond acceptors (Lipinski definition) is 6. The highest BCUT2D eigenvalue weighted by atomic mass is 32.2. The van der Waals surface area contributed by atoms with E-state index in [1.165, 1.54) is 11.8 Å². The molecule has 6 nitrogen and oxygen atoms in total.